The monoisotopic (exact) mass is 450 g/mol. The van der Waals surface area contributed by atoms with Crippen LogP contribution in [0.4, 0.5) is 11.4 Å². The van der Waals surface area contributed by atoms with Gasteiger partial charge < -0.3 is 19.5 Å². The molecule has 1 N–H and O–H groups in total. The third kappa shape index (κ3) is 5.13. The minimum Gasteiger partial charge on any atom is -0.465 e. The van der Waals surface area contributed by atoms with E-state index in [1.165, 1.54) is 49.6 Å². The van der Waals surface area contributed by atoms with Crippen molar-refractivity contribution in [2.75, 3.05) is 19.5 Å². The maximum atomic E-state index is 12.7. The highest BCUT2D eigenvalue weighted by Gasteiger charge is 2.24. The molecule has 168 valence electrons. The molecule has 0 atom stereocenters. The lowest BCUT2D eigenvalue weighted by Gasteiger charge is -2.15. The Morgan fingerprint density at radius 3 is 2.21 bits per heavy atom. The number of nitrogens with zero attached hydrogens (tertiary/aromatic N) is 1. The zero-order valence-electron chi connectivity index (χ0n) is 17.6. The fourth-order valence-corrected chi connectivity index (χ4v) is 2.94. The number of non-ortho nitro benzene ring substituents is 1. The third-order valence-corrected chi connectivity index (χ3v) is 4.50. The minimum atomic E-state index is -0.816. The second-order valence-corrected chi connectivity index (χ2v) is 6.52. The smallest absolute Gasteiger partial charge is 0.342 e. The van der Waals surface area contributed by atoms with E-state index in [0.717, 1.165) is 13.2 Å². The summed E-state index contributed by atoms with van der Waals surface area (Å²) < 4.78 is 15.4. The van der Waals surface area contributed by atoms with Crippen LogP contribution in [0.1, 0.15) is 31.1 Å². The summed E-state index contributed by atoms with van der Waals surface area (Å²) in [6.45, 7) is 0. The minimum absolute atomic E-state index is 0.00166. The van der Waals surface area contributed by atoms with Crippen LogP contribution in [0.5, 0.6) is 11.5 Å². The topological polar surface area (TPSA) is 134 Å². The van der Waals surface area contributed by atoms with E-state index in [9.17, 15) is 24.5 Å². The number of benzene rings is 3. The summed E-state index contributed by atoms with van der Waals surface area (Å²) in [4.78, 5) is 47.5. The Hall–Kier alpha value is -4.73. The number of carbonyl (C=O) groups is 3. The Bertz CT molecular complexity index is 1240. The Balaban J connectivity index is 1.96. The van der Waals surface area contributed by atoms with Gasteiger partial charge in [-0.1, -0.05) is 24.3 Å². The van der Waals surface area contributed by atoms with Crippen molar-refractivity contribution in [3.8, 4) is 11.5 Å². The van der Waals surface area contributed by atoms with Gasteiger partial charge in [0.05, 0.1) is 30.4 Å². The van der Waals surface area contributed by atoms with Crippen LogP contribution in [0.2, 0.25) is 0 Å². The molecule has 0 aromatic heterocycles. The molecule has 0 aliphatic heterocycles. The van der Waals surface area contributed by atoms with Gasteiger partial charge in [0.15, 0.2) is 5.75 Å². The number of para-hydroxylation sites is 2. The summed E-state index contributed by atoms with van der Waals surface area (Å²) in [5.41, 5.74) is -0.128. The molecule has 0 bridgehead atoms. The molecule has 0 saturated heterocycles. The highest BCUT2D eigenvalue weighted by molar-refractivity contribution is 6.06. The number of nitro benzene ring substituents is 1. The van der Waals surface area contributed by atoms with Crippen LogP contribution in [0.3, 0.4) is 0 Å². The predicted octanol–water partition coefficient (Wildman–Crippen LogP) is 4.21. The van der Waals surface area contributed by atoms with E-state index in [4.69, 9.17) is 14.2 Å². The Labute approximate surface area is 187 Å². The molecule has 0 fully saturated rings. The van der Waals surface area contributed by atoms with Crippen molar-refractivity contribution in [1.29, 1.82) is 0 Å². The molecule has 33 heavy (non-hydrogen) atoms. The molecule has 0 radical (unpaired) electrons. The molecule has 0 heterocycles. The number of hydrogen-bond acceptors (Lipinski definition) is 8. The van der Waals surface area contributed by atoms with Gasteiger partial charge >= 0.3 is 11.9 Å². The fourth-order valence-electron chi connectivity index (χ4n) is 2.94. The largest absolute Gasteiger partial charge is 0.465 e. The van der Waals surface area contributed by atoms with Crippen LogP contribution < -0.4 is 10.1 Å². The summed E-state index contributed by atoms with van der Waals surface area (Å²) in [6, 6.07) is 16.0. The zero-order valence-corrected chi connectivity index (χ0v) is 17.6. The van der Waals surface area contributed by atoms with Gasteiger partial charge in [0.2, 0.25) is 0 Å². The summed E-state index contributed by atoms with van der Waals surface area (Å²) in [5.74, 6) is -2.02. The van der Waals surface area contributed by atoms with Crippen LogP contribution in [-0.4, -0.2) is 37.0 Å². The number of nitrogens with one attached hydrogen (secondary N) is 1. The van der Waals surface area contributed by atoms with Crippen molar-refractivity contribution in [3.63, 3.8) is 0 Å². The maximum Gasteiger partial charge on any atom is 0.342 e. The molecule has 10 heteroatoms. The number of esters is 2. The lowest BCUT2D eigenvalue weighted by atomic mass is 10.1. The SMILES string of the molecule is COC(=O)c1cccc(Oc2ccccc2NC(=O)c2cccc([N+](=O)[O-])c2)c1C(=O)OC. The number of amides is 1. The zero-order chi connectivity index (χ0) is 24.0. The van der Waals surface area contributed by atoms with Crippen LogP contribution >= 0.6 is 0 Å². The van der Waals surface area contributed by atoms with E-state index in [2.05, 4.69) is 5.32 Å². The number of hydrogen-bond donors (Lipinski definition) is 1. The van der Waals surface area contributed by atoms with E-state index in [1.807, 2.05) is 0 Å². The number of rotatable bonds is 7. The highest BCUT2D eigenvalue weighted by atomic mass is 16.6. The van der Waals surface area contributed by atoms with Gasteiger partial charge in [-0.15, -0.1) is 0 Å². The Morgan fingerprint density at radius 2 is 1.52 bits per heavy atom. The number of methoxy groups -OCH3 is 2. The van der Waals surface area contributed by atoms with Gasteiger partial charge in [0.25, 0.3) is 11.6 Å². The molecule has 0 saturated carbocycles. The first kappa shape index (κ1) is 22.9. The molecule has 1 amide bonds. The first-order valence-electron chi connectivity index (χ1n) is 9.48. The second-order valence-electron chi connectivity index (χ2n) is 6.52. The first-order valence-corrected chi connectivity index (χ1v) is 9.48. The van der Waals surface area contributed by atoms with Gasteiger partial charge in [-0.3, -0.25) is 14.9 Å². The summed E-state index contributed by atoms with van der Waals surface area (Å²) in [6.07, 6.45) is 0. The number of carbonyl (C=O) groups excluding carboxylic acids is 3. The highest BCUT2D eigenvalue weighted by Crippen LogP contribution is 2.33. The molecule has 3 rings (SSSR count). The molecule has 0 aliphatic carbocycles. The van der Waals surface area contributed by atoms with E-state index >= 15 is 0 Å². The van der Waals surface area contributed by atoms with Crippen molar-refractivity contribution in [3.05, 3.63) is 93.5 Å². The average molecular weight is 450 g/mol. The van der Waals surface area contributed by atoms with Crippen molar-refractivity contribution >= 4 is 29.2 Å². The van der Waals surface area contributed by atoms with Gasteiger partial charge in [0, 0.05) is 17.7 Å². The fraction of sp³-hybridized carbons (Fsp3) is 0.0870. The maximum absolute atomic E-state index is 12.7. The second kappa shape index (κ2) is 10.1. The van der Waals surface area contributed by atoms with E-state index < -0.39 is 22.8 Å². The lowest BCUT2D eigenvalue weighted by Crippen LogP contribution is -2.14. The van der Waals surface area contributed by atoms with E-state index in [1.54, 1.807) is 18.2 Å². The standard InChI is InChI=1S/C23H18N2O8/c1-31-22(27)16-9-6-12-19(20(16)23(28)32-2)33-18-11-4-3-10-17(18)24-21(26)14-7-5-8-15(13-14)25(29)30/h3-13H,1-2H3,(H,24,26). The molecule has 0 aliphatic rings. The predicted molar refractivity (Wildman–Crippen MR) is 117 cm³/mol. The number of nitro groups is 1. The van der Waals surface area contributed by atoms with Crippen molar-refractivity contribution in [2.24, 2.45) is 0 Å². The van der Waals surface area contributed by atoms with Crippen molar-refractivity contribution < 1.29 is 33.5 Å². The normalized spacial score (nSPS) is 10.1. The number of ether oxygens (including phenoxy) is 3. The van der Waals surface area contributed by atoms with Crippen LogP contribution in [-0.2, 0) is 9.47 Å². The molecular weight excluding hydrogens is 432 g/mol. The summed E-state index contributed by atoms with van der Waals surface area (Å²) in [7, 11) is 2.34. The molecule has 3 aromatic carbocycles. The van der Waals surface area contributed by atoms with Gasteiger partial charge in [-0.25, -0.2) is 9.59 Å². The first-order chi connectivity index (χ1) is 15.8. The van der Waals surface area contributed by atoms with Gasteiger partial charge in [0.1, 0.15) is 11.3 Å². The Morgan fingerprint density at radius 1 is 0.848 bits per heavy atom. The van der Waals surface area contributed by atoms with Gasteiger partial charge in [-0.05, 0) is 30.3 Å². The number of anilines is 1. The van der Waals surface area contributed by atoms with E-state index in [0.29, 0.717) is 0 Å². The summed E-state index contributed by atoms with van der Waals surface area (Å²) in [5, 5.41) is 13.6. The molecule has 0 spiro atoms. The van der Waals surface area contributed by atoms with Crippen LogP contribution in [0, 0.1) is 10.1 Å². The average Bonchev–Trinajstić information content (AvgIpc) is 2.84. The Kier molecular flexibility index (Phi) is 6.99. The molecular formula is C23H18N2O8. The van der Waals surface area contributed by atoms with Crippen LogP contribution in [0.15, 0.2) is 66.7 Å². The van der Waals surface area contributed by atoms with Crippen molar-refractivity contribution in [2.45, 2.75) is 0 Å². The van der Waals surface area contributed by atoms with Gasteiger partial charge in [-0.2, -0.15) is 0 Å². The molecule has 3 aromatic rings. The lowest BCUT2D eigenvalue weighted by molar-refractivity contribution is -0.384. The third-order valence-electron chi connectivity index (χ3n) is 4.50. The molecule has 10 nitrogen and oxygen atoms in total. The van der Waals surface area contributed by atoms with Crippen LogP contribution in [0.25, 0.3) is 0 Å². The summed E-state index contributed by atoms with van der Waals surface area (Å²) >= 11 is 0. The van der Waals surface area contributed by atoms with Crippen molar-refractivity contribution in [1.82, 2.24) is 0 Å². The van der Waals surface area contributed by atoms with E-state index in [-0.39, 0.29) is 39.6 Å². The molecule has 0 unspecified atom stereocenters. The quantitative estimate of drug-likeness (QED) is 0.321.